The predicted octanol–water partition coefficient (Wildman–Crippen LogP) is 5.70. The summed E-state index contributed by atoms with van der Waals surface area (Å²) in [5.74, 6) is -0.104. The minimum Gasteiger partial charge on any atom is -0.478 e. The Morgan fingerprint density at radius 2 is 1.89 bits per heavy atom. The van der Waals surface area contributed by atoms with Gasteiger partial charge in [-0.1, -0.05) is 0 Å². The Morgan fingerprint density at radius 3 is 2.51 bits per heavy atom. The summed E-state index contributed by atoms with van der Waals surface area (Å²) in [5.41, 5.74) is 0.368. The second-order valence-corrected chi connectivity index (χ2v) is 8.42. The van der Waals surface area contributed by atoms with Crippen LogP contribution in [0.2, 0.25) is 0 Å². The number of pyridine rings is 1. The van der Waals surface area contributed by atoms with Crippen molar-refractivity contribution in [1.82, 2.24) is 19.3 Å². The van der Waals surface area contributed by atoms with Crippen molar-refractivity contribution >= 4 is 23.1 Å². The lowest BCUT2D eigenvalue weighted by molar-refractivity contribution is -0.141. The predicted molar refractivity (Wildman–Crippen MR) is 119 cm³/mol. The van der Waals surface area contributed by atoms with Gasteiger partial charge in [0.05, 0.1) is 41.6 Å². The molecule has 0 atom stereocenters. The lowest BCUT2D eigenvalue weighted by atomic mass is 10.1. The van der Waals surface area contributed by atoms with E-state index in [0.29, 0.717) is 59.8 Å². The first kappa shape index (κ1) is 26.4. The third-order valence-corrected chi connectivity index (χ3v) is 5.74. The Kier molecular flexibility index (Phi) is 9.01. The van der Waals surface area contributed by atoms with Gasteiger partial charge in [0.25, 0.3) is 5.91 Å². The van der Waals surface area contributed by atoms with Crippen LogP contribution < -0.4 is 10.1 Å². The number of anilines is 1. The molecule has 0 unspecified atom stereocenters. The summed E-state index contributed by atoms with van der Waals surface area (Å²) < 4.78 is 71.9. The number of aromatic nitrogens is 4. The average molecular weight is 516 g/mol. The van der Waals surface area contributed by atoms with Gasteiger partial charge in [-0.25, -0.2) is 18.7 Å². The summed E-state index contributed by atoms with van der Waals surface area (Å²) >= 11 is 1.06. The van der Waals surface area contributed by atoms with Gasteiger partial charge in [-0.3, -0.25) is 9.78 Å². The molecule has 0 saturated heterocycles. The van der Waals surface area contributed by atoms with Crippen molar-refractivity contribution in [1.29, 1.82) is 0 Å². The van der Waals surface area contributed by atoms with Gasteiger partial charge < -0.3 is 10.1 Å². The molecule has 1 N–H and O–H groups in total. The Labute approximate surface area is 202 Å². The van der Waals surface area contributed by atoms with Crippen LogP contribution in [-0.4, -0.2) is 38.3 Å². The molecule has 0 aliphatic rings. The smallest absolute Gasteiger partial charge is 0.434 e. The fourth-order valence-corrected chi connectivity index (χ4v) is 3.96. The third-order valence-electron chi connectivity index (χ3n) is 4.81. The van der Waals surface area contributed by atoms with Gasteiger partial charge in [0, 0.05) is 30.0 Å². The Bertz CT molecular complexity index is 1100. The maximum atomic E-state index is 12.9. The molecule has 188 valence electrons. The van der Waals surface area contributed by atoms with Crippen molar-refractivity contribution in [3.05, 3.63) is 58.2 Å². The van der Waals surface area contributed by atoms with Gasteiger partial charge >= 0.3 is 6.18 Å². The topological polar surface area (TPSA) is 89.9 Å². The van der Waals surface area contributed by atoms with Crippen LogP contribution in [0.15, 0.2) is 30.7 Å². The minimum absolute atomic E-state index is 0.0989. The zero-order valence-electron chi connectivity index (χ0n) is 18.6. The molecule has 3 rings (SSSR count). The highest BCUT2D eigenvalue weighted by atomic mass is 32.1. The van der Waals surface area contributed by atoms with Gasteiger partial charge in [-0.05, 0) is 43.8 Å². The van der Waals surface area contributed by atoms with E-state index >= 15 is 0 Å². The van der Waals surface area contributed by atoms with E-state index in [0.717, 1.165) is 17.7 Å². The highest BCUT2D eigenvalue weighted by molar-refractivity contribution is 7.06. The maximum absolute atomic E-state index is 12.9. The molecule has 0 aliphatic heterocycles. The van der Waals surface area contributed by atoms with Crippen LogP contribution in [-0.2, 0) is 12.6 Å². The summed E-state index contributed by atoms with van der Waals surface area (Å²) in [6.07, 6.45) is -2.10. The van der Waals surface area contributed by atoms with Crippen molar-refractivity contribution < 1.29 is 31.5 Å². The summed E-state index contributed by atoms with van der Waals surface area (Å²) in [4.78, 5) is 24.7. The zero-order chi connectivity index (χ0) is 25.4. The molecule has 0 aromatic carbocycles. The SMILES string of the molecule is Cc1nsc(Cc2cnc(C(F)(F)F)cn2)c1C(=O)Nc1ccc(OCCCCCC(F)F)nc1. The number of carbonyl (C=O) groups is 1. The highest BCUT2D eigenvalue weighted by Crippen LogP contribution is 2.27. The van der Waals surface area contributed by atoms with Crippen molar-refractivity contribution in [2.45, 2.75) is 51.6 Å². The minimum atomic E-state index is -4.58. The lowest BCUT2D eigenvalue weighted by Gasteiger charge is -2.09. The van der Waals surface area contributed by atoms with E-state index in [4.69, 9.17) is 4.74 Å². The van der Waals surface area contributed by atoms with Gasteiger partial charge in [0.1, 0.15) is 0 Å². The van der Waals surface area contributed by atoms with E-state index in [9.17, 15) is 26.7 Å². The fraction of sp³-hybridized carbons (Fsp3) is 0.409. The van der Waals surface area contributed by atoms with Crippen LogP contribution in [0.3, 0.4) is 0 Å². The summed E-state index contributed by atoms with van der Waals surface area (Å²) in [6, 6.07) is 3.18. The first-order valence-corrected chi connectivity index (χ1v) is 11.4. The monoisotopic (exact) mass is 515 g/mol. The van der Waals surface area contributed by atoms with E-state index in [1.54, 1.807) is 19.1 Å². The molecule has 3 heterocycles. The molecule has 0 radical (unpaired) electrons. The summed E-state index contributed by atoms with van der Waals surface area (Å²) in [6.45, 7) is 2.00. The van der Waals surface area contributed by atoms with Crippen molar-refractivity contribution in [2.24, 2.45) is 0 Å². The van der Waals surface area contributed by atoms with Crippen LogP contribution in [0.5, 0.6) is 5.88 Å². The van der Waals surface area contributed by atoms with Gasteiger partial charge in [0.2, 0.25) is 12.3 Å². The van der Waals surface area contributed by atoms with Crippen LogP contribution in [0.25, 0.3) is 0 Å². The standard InChI is InChI=1S/C22H22F5N5O2S/c1-13-20(16(35-32-13)9-15-11-29-17(12-28-15)22(25,26)27)21(33)31-14-6-7-19(30-10-14)34-8-4-2-3-5-18(23)24/h6-7,10-12,18H,2-5,8-9H2,1H3,(H,31,33). The number of amides is 1. The molecule has 0 bridgehead atoms. The van der Waals surface area contributed by atoms with E-state index in [1.807, 2.05) is 0 Å². The van der Waals surface area contributed by atoms with Gasteiger partial charge in [-0.15, -0.1) is 0 Å². The number of unbranched alkanes of at least 4 members (excludes halogenated alkanes) is 2. The van der Waals surface area contributed by atoms with Gasteiger partial charge in [0.15, 0.2) is 5.69 Å². The molecular formula is C22H22F5N5O2S. The normalized spacial score (nSPS) is 11.6. The second kappa shape index (κ2) is 12.0. The third kappa shape index (κ3) is 7.91. The number of hydrogen-bond donors (Lipinski definition) is 1. The Balaban J connectivity index is 1.56. The second-order valence-electron chi connectivity index (χ2n) is 7.56. The molecule has 13 heteroatoms. The molecule has 3 aromatic heterocycles. The first-order valence-electron chi connectivity index (χ1n) is 10.6. The van der Waals surface area contributed by atoms with Crippen LogP contribution >= 0.6 is 11.5 Å². The Morgan fingerprint density at radius 1 is 1.09 bits per heavy atom. The number of ether oxygens (including phenoxy) is 1. The number of aryl methyl sites for hydroxylation is 1. The van der Waals surface area contributed by atoms with Crippen molar-refractivity contribution in [3.63, 3.8) is 0 Å². The number of hydrogen-bond acceptors (Lipinski definition) is 7. The molecule has 0 fully saturated rings. The number of alkyl halides is 5. The van der Waals surface area contributed by atoms with E-state index in [-0.39, 0.29) is 18.5 Å². The summed E-state index contributed by atoms with van der Waals surface area (Å²) in [7, 11) is 0. The molecular weight excluding hydrogens is 493 g/mol. The quantitative estimate of drug-likeness (QED) is 0.260. The molecule has 0 spiro atoms. The van der Waals surface area contributed by atoms with Gasteiger partial charge in [-0.2, -0.15) is 17.5 Å². The van der Waals surface area contributed by atoms with E-state index in [2.05, 4.69) is 24.6 Å². The number of carbonyl (C=O) groups excluding carboxylic acids is 1. The van der Waals surface area contributed by atoms with Crippen LogP contribution in [0, 0.1) is 6.92 Å². The van der Waals surface area contributed by atoms with E-state index < -0.39 is 24.2 Å². The number of nitrogens with zero attached hydrogens (tertiary/aromatic N) is 4. The molecule has 0 aliphatic carbocycles. The molecule has 0 saturated carbocycles. The summed E-state index contributed by atoms with van der Waals surface area (Å²) in [5, 5.41) is 2.72. The van der Waals surface area contributed by atoms with Crippen LogP contribution in [0.1, 0.15) is 58.0 Å². The van der Waals surface area contributed by atoms with Crippen LogP contribution in [0.4, 0.5) is 27.6 Å². The van der Waals surface area contributed by atoms with Crippen molar-refractivity contribution in [3.8, 4) is 5.88 Å². The zero-order valence-corrected chi connectivity index (χ0v) is 19.4. The largest absolute Gasteiger partial charge is 0.478 e. The molecule has 3 aromatic rings. The highest BCUT2D eigenvalue weighted by Gasteiger charge is 2.32. The maximum Gasteiger partial charge on any atom is 0.434 e. The first-order chi connectivity index (χ1) is 16.6. The average Bonchev–Trinajstić information content (AvgIpc) is 3.16. The molecule has 1 amide bonds. The molecule has 7 nitrogen and oxygen atoms in total. The van der Waals surface area contributed by atoms with E-state index in [1.165, 1.54) is 6.20 Å². The van der Waals surface area contributed by atoms with Crippen molar-refractivity contribution in [2.75, 3.05) is 11.9 Å². The number of halogens is 5. The Hall–Kier alpha value is -3.22. The molecule has 35 heavy (non-hydrogen) atoms. The fourth-order valence-electron chi connectivity index (χ4n) is 3.07. The lowest BCUT2D eigenvalue weighted by Crippen LogP contribution is -2.15. The number of nitrogens with one attached hydrogen (secondary N) is 1. The number of rotatable bonds is 11.